The van der Waals surface area contributed by atoms with Crippen molar-refractivity contribution in [1.82, 2.24) is 10.2 Å². The number of rotatable bonds is 9. The Morgan fingerprint density at radius 2 is 2.07 bits per heavy atom. The van der Waals surface area contributed by atoms with E-state index in [-0.39, 0.29) is 13.2 Å². The van der Waals surface area contributed by atoms with Crippen LogP contribution in [0.3, 0.4) is 0 Å². The van der Waals surface area contributed by atoms with Crippen LogP contribution in [0.4, 0.5) is 8.78 Å². The molecule has 5 heteroatoms. The third kappa shape index (κ3) is 8.34. The first-order chi connectivity index (χ1) is 6.70. The summed E-state index contributed by atoms with van der Waals surface area (Å²) >= 11 is 0. The molecule has 0 aromatic carbocycles. The minimum atomic E-state index is -2.32. The zero-order valence-corrected chi connectivity index (χ0v) is 8.68. The van der Waals surface area contributed by atoms with Crippen LogP contribution in [0.15, 0.2) is 0 Å². The summed E-state index contributed by atoms with van der Waals surface area (Å²) in [6, 6.07) is 0. The van der Waals surface area contributed by atoms with Crippen LogP contribution < -0.4 is 5.32 Å². The Labute approximate surface area is 84.1 Å². The number of aliphatic hydroxyl groups is 1. The molecule has 0 radical (unpaired) electrons. The summed E-state index contributed by atoms with van der Waals surface area (Å²) in [7, 11) is 0. The minimum absolute atomic E-state index is 0.0616. The Morgan fingerprint density at radius 1 is 1.36 bits per heavy atom. The summed E-state index contributed by atoms with van der Waals surface area (Å²) in [5, 5.41) is 11.8. The summed E-state index contributed by atoms with van der Waals surface area (Å²) in [6.45, 7) is 4.37. The van der Waals surface area contributed by atoms with Crippen LogP contribution >= 0.6 is 0 Å². The molecule has 0 saturated carbocycles. The number of nitrogens with zero attached hydrogens (tertiary/aromatic N) is 1. The fourth-order valence-electron chi connectivity index (χ4n) is 1.24. The van der Waals surface area contributed by atoms with Gasteiger partial charge in [-0.25, -0.2) is 8.78 Å². The number of alkyl halides is 2. The first-order valence-corrected chi connectivity index (χ1v) is 5.02. The highest BCUT2D eigenvalue weighted by Crippen LogP contribution is 1.98. The average molecular weight is 210 g/mol. The van der Waals surface area contributed by atoms with Crippen LogP contribution in [0.25, 0.3) is 0 Å². The third-order valence-electron chi connectivity index (χ3n) is 1.89. The van der Waals surface area contributed by atoms with Gasteiger partial charge in [0.1, 0.15) is 0 Å². The SMILES string of the molecule is CCNCCCN(CCO)CC(F)F. The van der Waals surface area contributed by atoms with Crippen molar-refractivity contribution in [3.05, 3.63) is 0 Å². The van der Waals surface area contributed by atoms with Gasteiger partial charge >= 0.3 is 0 Å². The first kappa shape index (κ1) is 13.7. The summed E-state index contributed by atoms with van der Waals surface area (Å²) in [4.78, 5) is 1.59. The number of halogens is 2. The molecular weight excluding hydrogens is 190 g/mol. The molecule has 0 heterocycles. The predicted molar refractivity (Wildman–Crippen MR) is 52.7 cm³/mol. The molecule has 14 heavy (non-hydrogen) atoms. The van der Waals surface area contributed by atoms with Crippen molar-refractivity contribution in [2.24, 2.45) is 0 Å². The highest BCUT2D eigenvalue weighted by atomic mass is 19.3. The molecule has 0 unspecified atom stereocenters. The van der Waals surface area contributed by atoms with Crippen molar-refractivity contribution in [3.63, 3.8) is 0 Å². The number of hydrogen-bond donors (Lipinski definition) is 2. The van der Waals surface area contributed by atoms with Gasteiger partial charge in [-0.05, 0) is 26.1 Å². The standard InChI is InChI=1S/C9H20F2N2O/c1-2-12-4-3-5-13(6-7-14)8-9(10)11/h9,12,14H,2-8H2,1H3. The molecule has 2 N–H and O–H groups in total. The van der Waals surface area contributed by atoms with Crippen LogP contribution in [-0.4, -0.2) is 55.8 Å². The van der Waals surface area contributed by atoms with E-state index in [0.717, 1.165) is 19.5 Å². The summed E-state index contributed by atoms with van der Waals surface area (Å²) < 4.78 is 24.1. The molecular formula is C9H20F2N2O. The average Bonchev–Trinajstić information content (AvgIpc) is 2.12. The first-order valence-electron chi connectivity index (χ1n) is 5.02. The molecule has 0 rings (SSSR count). The van der Waals surface area contributed by atoms with E-state index in [2.05, 4.69) is 5.32 Å². The highest BCUT2D eigenvalue weighted by Gasteiger charge is 2.10. The lowest BCUT2D eigenvalue weighted by Crippen LogP contribution is -2.34. The Balaban J connectivity index is 3.51. The zero-order chi connectivity index (χ0) is 10.8. The van der Waals surface area contributed by atoms with Crippen LogP contribution in [0.2, 0.25) is 0 Å². The molecule has 0 aromatic heterocycles. The van der Waals surface area contributed by atoms with E-state index in [1.807, 2.05) is 6.92 Å². The van der Waals surface area contributed by atoms with Gasteiger partial charge in [-0.3, -0.25) is 4.90 Å². The van der Waals surface area contributed by atoms with Gasteiger partial charge in [0, 0.05) is 6.54 Å². The molecule has 0 aliphatic rings. The Hall–Kier alpha value is -0.260. The fourth-order valence-corrected chi connectivity index (χ4v) is 1.24. The Bertz CT molecular complexity index is 125. The second-order valence-electron chi connectivity index (χ2n) is 3.12. The van der Waals surface area contributed by atoms with Crippen LogP contribution in [0.5, 0.6) is 0 Å². The molecule has 0 fully saturated rings. The second-order valence-corrected chi connectivity index (χ2v) is 3.12. The zero-order valence-electron chi connectivity index (χ0n) is 8.68. The van der Waals surface area contributed by atoms with Crippen LogP contribution in [0, 0.1) is 0 Å². The molecule has 0 bridgehead atoms. The lowest BCUT2D eigenvalue weighted by Gasteiger charge is -2.20. The third-order valence-corrected chi connectivity index (χ3v) is 1.89. The summed E-state index contributed by atoms with van der Waals surface area (Å²) in [5.41, 5.74) is 0. The fraction of sp³-hybridized carbons (Fsp3) is 1.00. The molecule has 0 aromatic rings. The largest absolute Gasteiger partial charge is 0.395 e. The van der Waals surface area contributed by atoms with Gasteiger partial charge in [0.15, 0.2) is 0 Å². The quantitative estimate of drug-likeness (QED) is 0.545. The number of hydrogen-bond acceptors (Lipinski definition) is 3. The van der Waals surface area contributed by atoms with Gasteiger partial charge in [-0.1, -0.05) is 6.92 Å². The van der Waals surface area contributed by atoms with Gasteiger partial charge < -0.3 is 10.4 Å². The van der Waals surface area contributed by atoms with Crippen molar-refractivity contribution in [3.8, 4) is 0 Å². The maximum atomic E-state index is 12.0. The van der Waals surface area contributed by atoms with Gasteiger partial charge in [-0.2, -0.15) is 0 Å². The molecule has 0 atom stereocenters. The molecule has 0 saturated heterocycles. The van der Waals surface area contributed by atoms with Gasteiger partial charge in [0.2, 0.25) is 0 Å². The summed E-state index contributed by atoms with van der Waals surface area (Å²) in [6.07, 6.45) is -1.48. The minimum Gasteiger partial charge on any atom is -0.395 e. The molecule has 86 valence electrons. The van der Waals surface area contributed by atoms with Gasteiger partial charge in [0.05, 0.1) is 13.2 Å². The van der Waals surface area contributed by atoms with E-state index in [0.29, 0.717) is 13.1 Å². The monoisotopic (exact) mass is 210 g/mol. The Kier molecular flexibility index (Phi) is 9.13. The van der Waals surface area contributed by atoms with Crippen LogP contribution in [-0.2, 0) is 0 Å². The van der Waals surface area contributed by atoms with Crippen molar-refractivity contribution < 1.29 is 13.9 Å². The van der Waals surface area contributed by atoms with Crippen molar-refractivity contribution in [2.75, 3.05) is 39.3 Å². The predicted octanol–water partition coefficient (Wildman–Crippen LogP) is 0.545. The van der Waals surface area contributed by atoms with Gasteiger partial charge in [0.25, 0.3) is 6.43 Å². The number of aliphatic hydroxyl groups excluding tert-OH is 1. The van der Waals surface area contributed by atoms with Crippen molar-refractivity contribution in [1.29, 1.82) is 0 Å². The molecule has 0 amide bonds. The molecule has 0 spiro atoms. The molecule has 0 aliphatic heterocycles. The smallest absolute Gasteiger partial charge is 0.251 e. The maximum Gasteiger partial charge on any atom is 0.251 e. The maximum absolute atomic E-state index is 12.0. The van der Waals surface area contributed by atoms with Crippen molar-refractivity contribution >= 4 is 0 Å². The normalized spacial score (nSPS) is 11.6. The van der Waals surface area contributed by atoms with E-state index < -0.39 is 6.43 Å². The van der Waals surface area contributed by atoms with E-state index in [1.165, 1.54) is 0 Å². The topological polar surface area (TPSA) is 35.5 Å². The second kappa shape index (κ2) is 9.30. The van der Waals surface area contributed by atoms with Gasteiger partial charge in [-0.15, -0.1) is 0 Å². The van der Waals surface area contributed by atoms with E-state index in [1.54, 1.807) is 4.90 Å². The lowest BCUT2D eigenvalue weighted by molar-refractivity contribution is 0.0778. The van der Waals surface area contributed by atoms with Crippen molar-refractivity contribution in [2.45, 2.75) is 19.8 Å². The molecule has 0 aliphatic carbocycles. The lowest BCUT2D eigenvalue weighted by atomic mass is 10.3. The number of nitrogens with one attached hydrogen (secondary N) is 1. The van der Waals surface area contributed by atoms with E-state index >= 15 is 0 Å². The summed E-state index contributed by atoms with van der Waals surface area (Å²) in [5.74, 6) is 0. The Morgan fingerprint density at radius 3 is 2.57 bits per heavy atom. The molecule has 3 nitrogen and oxygen atoms in total. The van der Waals surface area contributed by atoms with Crippen LogP contribution in [0.1, 0.15) is 13.3 Å². The van der Waals surface area contributed by atoms with E-state index in [4.69, 9.17) is 5.11 Å². The van der Waals surface area contributed by atoms with E-state index in [9.17, 15) is 8.78 Å². The highest BCUT2D eigenvalue weighted by molar-refractivity contribution is 4.59.